The van der Waals surface area contributed by atoms with Crippen molar-refractivity contribution in [2.75, 3.05) is 18.8 Å². The number of hydrogen-bond acceptors (Lipinski definition) is 5. The molecule has 16 heavy (non-hydrogen) atoms. The Morgan fingerprint density at radius 2 is 2.31 bits per heavy atom. The molecule has 7 heteroatoms. The second-order valence-electron chi connectivity index (χ2n) is 3.82. The fraction of sp³-hybridized carbons (Fsp3) is 0.556. The van der Waals surface area contributed by atoms with E-state index in [1.54, 1.807) is 0 Å². The molecule has 88 valence electrons. The topological polar surface area (TPSA) is 72.0 Å². The van der Waals surface area contributed by atoms with Crippen LogP contribution in [-0.2, 0) is 9.84 Å². The molecule has 0 radical (unpaired) electrons. The van der Waals surface area contributed by atoms with Crippen LogP contribution in [0, 0.1) is 5.92 Å². The van der Waals surface area contributed by atoms with Gasteiger partial charge in [-0.1, -0.05) is 11.6 Å². The molecule has 1 aromatic rings. The molecule has 0 aromatic carbocycles. The Labute approximate surface area is 99.2 Å². The summed E-state index contributed by atoms with van der Waals surface area (Å²) >= 11 is 5.64. The summed E-state index contributed by atoms with van der Waals surface area (Å²) in [5.74, 6) is 0.284. The van der Waals surface area contributed by atoms with E-state index in [0.717, 1.165) is 19.5 Å². The molecule has 1 fully saturated rings. The van der Waals surface area contributed by atoms with Gasteiger partial charge in [0.2, 0.25) is 0 Å². The Kier molecular flexibility index (Phi) is 3.41. The summed E-state index contributed by atoms with van der Waals surface area (Å²) < 4.78 is 23.9. The van der Waals surface area contributed by atoms with Crippen LogP contribution in [0.4, 0.5) is 0 Å². The van der Waals surface area contributed by atoms with Gasteiger partial charge in [0.05, 0.1) is 5.75 Å². The molecule has 1 atom stereocenters. The second-order valence-corrected chi connectivity index (χ2v) is 6.19. The maximum atomic E-state index is 12.0. The van der Waals surface area contributed by atoms with Gasteiger partial charge < -0.3 is 5.32 Å². The second kappa shape index (κ2) is 4.65. The fourth-order valence-corrected chi connectivity index (χ4v) is 3.53. The average Bonchev–Trinajstić information content (AvgIpc) is 2.70. The van der Waals surface area contributed by atoms with E-state index < -0.39 is 9.84 Å². The van der Waals surface area contributed by atoms with Crippen molar-refractivity contribution in [1.82, 2.24) is 15.3 Å². The van der Waals surface area contributed by atoms with Crippen molar-refractivity contribution in [3.05, 3.63) is 17.5 Å². The monoisotopic (exact) mass is 261 g/mol. The number of hydrogen-bond donors (Lipinski definition) is 1. The number of nitrogens with one attached hydrogen (secondary N) is 1. The van der Waals surface area contributed by atoms with E-state index in [2.05, 4.69) is 15.3 Å². The first kappa shape index (κ1) is 11.8. The third-order valence-corrected chi connectivity index (χ3v) is 4.52. The summed E-state index contributed by atoms with van der Waals surface area (Å²) in [5, 5.41) is 3.30. The molecule has 0 unspecified atom stereocenters. The van der Waals surface area contributed by atoms with Crippen LogP contribution >= 0.6 is 11.6 Å². The minimum Gasteiger partial charge on any atom is -0.316 e. The van der Waals surface area contributed by atoms with E-state index >= 15 is 0 Å². The first-order valence-electron chi connectivity index (χ1n) is 4.99. The van der Waals surface area contributed by atoms with Gasteiger partial charge in [-0.3, -0.25) is 0 Å². The third-order valence-electron chi connectivity index (χ3n) is 2.54. The number of nitrogens with zero attached hydrogens (tertiary/aromatic N) is 2. The van der Waals surface area contributed by atoms with Crippen molar-refractivity contribution in [1.29, 1.82) is 0 Å². The predicted molar refractivity (Wildman–Crippen MR) is 60.1 cm³/mol. The zero-order valence-corrected chi connectivity index (χ0v) is 10.1. The smallest absolute Gasteiger partial charge is 0.196 e. The van der Waals surface area contributed by atoms with E-state index in [0.29, 0.717) is 0 Å². The lowest BCUT2D eigenvalue weighted by molar-refractivity contribution is 0.567. The minimum absolute atomic E-state index is 0.0133. The Bertz CT molecular complexity index is 471. The Hall–Kier alpha value is -0.720. The summed E-state index contributed by atoms with van der Waals surface area (Å²) in [7, 11) is -3.34. The molecule has 0 saturated carbocycles. The van der Waals surface area contributed by atoms with Crippen LogP contribution in [-0.4, -0.2) is 37.2 Å². The van der Waals surface area contributed by atoms with Gasteiger partial charge in [0.1, 0.15) is 11.5 Å². The highest BCUT2D eigenvalue weighted by Gasteiger charge is 2.25. The lowest BCUT2D eigenvalue weighted by Gasteiger charge is -2.08. The van der Waals surface area contributed by atoms with Gasteiger partial charge in [0.15, 0.2) is 14.9 Å². The van der Waals surface area contributed by atoms with Gasteiger partial charge in [-0.2, -0.15) is 0 Å². The molecule has 1 aromatic heterocycles. The zero-order valence-electron chi connectivity index (χ0n) is 8.56. The molecule has 0 bridgehead atoms. The number of sulfone groups is 1. The summed E-state index contributed by atoms with van der Waals surface area (Å²) in [6, 6.07) is 1.29. The molecule has 0 amide bonds. The fourth-order valence-electron chi connectivity index (χ4n) is 1.74. The summed E-state index contributed by atoms with van der Waals surface area (Å²) in [6.45, 7) is 1.63. The molecule has 1 aliphatic rings. The summed E-state index contributed by atoms with van der Waals surface area (Å²) in [4.78, 5) is 7.41. The molecular formula is C9H12ClN3O2S. The maximum Gasteiger partial charge on any atom is 0.196 e. The molecule has 1 aliphatic heterocycles. The van der Waals surface area contributed by atoms with E-state index in [9.17, 15) is 8.42 Å². The van der Waals surface area contributed by atoms with Crippen molar-refractivity contribution in [2.45, 2.75) is 11.4 Å². The van der Waals surface area contributed by atoms with Crippen molar-refractivity contribution in [3.63, 3.8) is 0 Å². The normalized spacial score (nSPS) is 21.2. The lowest BCUT2D eigenvalue weighted by atomic mass is 10.2. The molecular weight excluding hydrogens is 250 g/mol. The number of aromatic nitrogens is 2. The summed E-state index contributed by atoms with van der Waals surface area (Å²) in [5.41, 5.74) is 0. The highest BCUT2D eigenvalue weighted by Crippen LogP contribution is 2.17. The van der Waals surface area contributed by atoms with Gasteiger partial charge >= 0.3 is 0 Å². The van der Waals surface area contributed by atoms with Crippen molar-refractivity contribution < 1.29 is 8.42 Å². The summed E-state index contributed by atoms with van der Waals surface area (Å²) in [6.07, 6.45) is 2.06. The van der Waals surface area contributed by atoms with E-state index in [1.165, 1.54) is 12.4 Å². The van der Waals surface area contributed by atoms with Crippen molar-refractivity contribution in [3.8, 4) is 0 Å². The van der Waals surface area contributed by atoms with E-state index in [-0.39, 0.29) is 21.8 Å². The van der Waals surface area contributed by atoms with Gasteiger partial charge in [-0.05, 0) is 25.4 Å². The third kappa shape index (κ3) is 2.69. The van der Waals surface area contributed by atoms with Crippen molar-refractivity contribution in [2.24, 2.45) is 5.92 Å². The highest BCUT2D eigenvalue weighted by atomic mass is 35.5. The zero-order chi connectivity index (χ0) is 11.6. The lowest BCUT2D eigenvalue weighted by Crippen LogP contribution is -2.19. The maximum absolute atomic E-state index is 12.0. The van der Waals surface area contributed by atoms with Crippen LogP contribution in [0.2, 0.25) is 5.15 Å². The number of halogens is 1. The SMILES string of the molecule is O=S(=O)(C[C@H]1CCNC1)c1cc(Cl)ncn1. The predicted octanol–water partition coefficient (Wildman–Crippen LogP) is 0.513. The van der Waals surface area contributed by atoms with Crippen LogP contribution in [0.25, 0.3) is 0 Å². The van der Waals surface area contributed by atoms with Crippen LogP contribution in [0.1, 0.15) is 6.42 Å². The molecule has 1 saturated heterocycles. The molecule has 2 rings (SSSR count). The molecule has 0 spiro atoms. The number of rotatable bonds is 3. The van der Waals surface area contributed by atoms with Crippen molar-refractivity contribution >= 4 is 21.4 Å². The molecule has 2 heterocycles. The molecule has 5 nitrogen and oxygen atoms in total. The Balaban J connectivity index is 2.18. The van der Waals surface area contributed by atoms with E-state index in [4.69, 9.17) is 11.6 Å². The van der Waals surface area contributed by atoms with Gasteiger partial charge in [0, 0.05) is 6.07 Å². The molecule has 1 N–H and O–H groups in total. The standard InChI is InChI=1S/C9H12ClN3O2S/c10-8-3-9(13-6-12-8)16(14,15)5-7-1-2-11-4-7/h3,6-7,11H,1-2,4-5H2/t7-/m0/s1. The van der Waals surface area contributed by atoms with Gasteiger partial charge in [-0.15, -0.1) is 0 Å². The van der Waals surface area contributed by atoms with Gasteiger partial charge in [-0.25, -0.2) is 18.4 Å². The van der Waals surface area contributed by atoms with Crippen LogP contribution in [0.5, 0.6) is 0 Å². The first-order valence-corrected chi connectivity index (χ1v) is 7.02. The first-order chi connectivity index (χ1) is 7.58. The quantitative estimate of drug-likeness (QED) is 0.803. The Morgan fingerprint density at radius 1 is 1.50 bits per heavy atom. The van der Waals surface area contributed by atoms with Crippen LogP contribution in [0.15, 0.2) is 17.4 Å². The average molecular weight is 262 g/mol. The van der Waals surface area contributed by atoms with E-state index in [1.807, 2.05) is 0 Å². The minimum atomic E-state index is -3.34. The van der Waals surface area contributed by atoms with Crippen LogP contribution in [0.3, 0.4) is 0 Å². The van der Waals surface area contributed by atoms with Crippen LogP contribution < -0.4 is 5.32 Å². The highest BCUT2D eigenvalue weighted by molar-refractivity contribution is 7.91. The largest absolute Gasteiger partial charge is 0.316 e. The van der Waals surface area contributed by atoms with Gasteiger partial charge in [0.25, 0.3) is 0 Å². The Morgan fingerprint density at radius 3 is 2.94 bits per heavy atom. The molecule has 0 aliphatic carbocycles.